The molecule has 0 amide bonds. The first kappa shape index (κ1) is 15.0. The predicted octanol–water partition coefficient (Wildman–Crippen LogP) is 2.61. The first-order valence-corrected chi connectivity index (χ1v) is 6.47. The number of benzene rings is 1. The minimum absolute atomic E-state index is 0.378. The Kier molecular flexibility index (Phi) is 5.62. The number of aliphatic carboxylic acids is 1. The molecule has 1 rings (SSSR count). The second kappa shape index (κ2) is 6.75. The topological polar surface area (TPSA) is 49.8 Å². The molecule has 0 fully saturated rings. The van der Waals surface area contributed by atoms with Gasteiger partial charge in [0.05, 0.1) is 13.0 Å². The number of carbonyl (C=O) groups is 1. The van der Waals surface area contributed by atoms with Gasteiger partial charge in [0, 0.05) is 23.1 Å². The Morgan fingerprint density at radius 1 is 1.56 bits per heavy atom. The van der Waals surface area contributed by atoms with E-state index in [1.807, 2.05) is 30.1 Å². The Hall–Kier alpha value is -1.07. The summed E-state index contributed by atoms with van der Waals surface area (Å²) >= 11 is 3.39. The van der Waals surface area contributed by atoms with Crippen LogP contribution in [0, 0.1) is 5.92 Å². The molecule has 1 aromatic rings. The van der Waals surface area contributed by atoms with Crippen molar-refractivity contribution < 1.29 is 14.6 Å². The molecule has 1 aromatic carbocycles. The fourth-order valence-corrected chi connectivity index (χ4v) is 2.09. The van der Waals surface area contributed by atoms with Crippen molar-refractivity contribution in [3.8, 4) is 5.75 Å². The molecular weight excluding hydrogens is 298 g/mol. The van der Waals surface area contributed by atoms with Crippen LogP contribution in [0.1, 0.15) is 12.5 Å². The normalized spacial score (nSPS) is 12.5. The maximum atomic E-state index is 10.8. The lowest BCUT2D eigenvalue weighted by Crippen LogP contribution is -2.28. The van der Waals surface area contributed by atoms with Gasteiger partial charge < -0.3 is 14.7 Å². The molecule has 0 spiro atoms. The summed E-state index contributed by atoms with van der Waals surface area (Å²) in [5.41, 5.74) is 1.04. The Labute approximate surface area is 116 Å². The van der Waals surface area contributed by atoms with Gasteiger partial charge in [-0.1, -0.05) is 28.9 Å². The number of hydrogen-bond acceptors (Lipinski definition) is 3. The number of carboxylic acids is 1. The van der Waals surface area contributed by atoms with Gasteiger partial charge in [-0.15, -0.1) is 0 Å². The van der Waals surface area contributed by atoms with E-state index in [4.69, 9.17) is 9.84 Å². The second-order valence-corrected chi connectivity index (χ2v) is 5.31. The van der Waals surface area contributed by atoms with Crippen molar-refractivity contribution in [1.82, 2.24) is 4.90 Å². The number of halogens is 1. The monoisotopic (exact) mass is 315 g/mol. The van der Waals surface area contributed by atoms with Gasteiger partial charge in [-0.05, 0) is 19.2 Å². The van der Waals surface area contributed by atoms with Gasteiger partial charge in [0.2, 0.25) is 0 Å². The number of ether oxygens (including phenoxy) is 1. The van der Waals surface area contributed by atoms with Crippen LogP contribution in [-0.2, 0) is 11.3 Å². The molecule has 0 aliphatic carbocycles. The zero-order valence-electron chi connectivity index (χ0n) is 10.8. The van der Waals surface area contributed by atoms with E-state index in [1.165, 1.54) is 0 Å². The fourth-order valence-electron chi connectivity index (χ4n) is 1.75. The van der Waals surface area contributed by atoms with Crippen LogP contribution in [0.5, 0.6) is 5.75 Å². The van der Waals surface area contributed by atoms with E-state index >= 15 is 0 Å². The highest BCUT2D eigenvalue weighted by Gasteiger charge is 2.14. The van der Waals surface area contributed by atoms with E-state index in [0.717, 1.165) is 15.8 Å². The molecule has 0 aliphatic heterocycles. The largest absolute Gasteiger partial charge is 0.496 e. The molecule has 0 aromatic heterocycles. The fraction of sp³-hybridized carbons (Fsp3) is 0.462. The van der Waals surface area contributed by atoms with Crippen LogP contribution in [0.4, 0.5) is 0 Å². The third-order valence-corrected chi connectivity index (χ3v) is 3.19. The van der Waals surface area contributed by atoms with Crippen molar-refractivity contribution in [3.63, 3.8) is 0 Å². The van der Waals surface area contributed by atoms with Crippen LogP contribution in [0.3, 0.4) is 0 Å². The van der Waals surface area contributed by atoms with E-state index < -0.39 is 5.97 Å². The van der Waals surface area contributed by atoms with Gasteiger partial charge >= 0.3 is 5.97 Å². The number of methoxy groups -OCH3 is 1. The summed E-state index contributed by atoms with van der Waals surface area (Å²) in [6.07, 6.45) is 0. The van der Waals surface area contributed by atoms with Gasteiger partial charge in [0.15, 0.2) is 0 Å². The summed E-state index contributed by atoms with van der Waals surface area (Å²) in [5, 5.41) is 8.88. The zero-order valence-corrected chi connectivity index (χ0v) is 12.4. The predicted molar refractivity (Wildman–Crippen MR) is 73.8 cm³/mol. The number of rotatable bonds is 6. The minimum Gasteiger partial charge on any atom is -0.496 e. The summed E-state index contributed by atoms with van der Waals surface area (Å²) in [4.78, 5) is 12.8. The lowest BCUT2D eigenvalue weighted by atomic mass is 10.1. The lowest BCUT2D eigenvalue weighted by Gasteiger charge is -2.20. The third-order valence-electron chi connectivity index (χ3n) is 2.70. The Balaban J connectivity index is 2.69. The van der Waals surface area contributed by atoms with Crippen LogP contribution in [0.15, 0.2) is 22.7 Å². The smallest absolute Gasteiger partial charge is 0.307 e. The molecule has 4 nitrogen and oxygen atoms in total. The molecule has 18 heavy (non-hydrogen) atoms. The van der Waals surface area contributed by atoms with Crippen molar-refractivity contribution in [3.05, 3.63) is 28.2 Å². The van der Waals surface area contributed by atoms with Gasteiger partial charge in [-0.2, -0.15) is 0 Å². The summed E-state index contributed by atoms with van der Waals surface area (Å²) in [5.74, 6) is -0.347. The third kappa shape index (κ3) is 4.31. The average molecular weight is 316 g/mol. The number of nitrogens with zero attached hydrogens (tertiary/aromatic N) is 1. The maximum Gasteiger partial charge on any atom is 0.307 e. The van der Waals surface area contributed by atoms with Crippen molar-refractivity contribution in [2.24, 2.45) is 5.92 Å². The highest BCUT2D eigenvalue weighted by atomic mass is 79.9. The average Bonchev–Trinajstić information content (AvgIpc) is 2.31. The van der Waals surface area contributed by atoms with E-state index in [-0.39, 0.29) is 5.92 Å². The summed E-state index contributed by atoms with van der Waals surface area (Å²) < 4.78 is 6.27. The summed E-state index contributed by atoms with van der Waals surface area (Å²) in [7, 11) is 3.53. The molecule has 0 heterocycles. The highest BCUT2D eigenvalue weighted by Crippen LogP contribution is 2.24. The molecule has 0 radical (unpaired) electrons. The van der Waals surface area contributed by atoms with Crippen molar-refractivity contribution in [2.75, 3.05) is 20.7 Å². The molecule has 0 saturated heterocycles. The standard InChI is InChI=1S/C13H18BrNO3/c1-9(13(16)17)7-15(2)8-10-4-5-11(14)6-12(10)18-3/h4-6,9H,7-8H2,1-3H3,(H,16,17). The molecule has 0 aliphatic rings. The van der Waals surface area contributed by atoms with E-state index in [1.54, 1.807) is 14.0 Å². The first-order chi connectivity index (χ1) is 8.43. The maximum absolute atomic E-state index is 10.8. The van der Waals surface area contributed by atoms with E-state index in [9.17, 15) is 4.79 Å². The zero-order chi connectivity index (χ0) is 13.7. The number of hydrogen-bond donors (Lipinski definition) is 1. The molecular formula is C13H18BrNO3. The molecule has 0 saturated carbocycles. The Morgan fingerprint density at radius 3 is 2.78 bits per heavy atom. The van der Waals surface area contributed by atoms with Gasteiger partial charge in [0.25, 0.3) is 0 Å². The summed E-state index contributed by atoms with van der Waals surface area (Å²) in [6.45, 7) is 2.88. The Bertz CT molecular complexity index is 423. The highest BCUT2D eigenvalue weighted by molar-refractivity contribution is 9.10. The second-order valence-electron chi connectivity index (χ2n) is 4.39. The van der Waals surface area contributed by atoms with Crippen LogP contribution < -0.4 is 4.74 Å². The first-order valence-electron chi connectivity index (χ1n) is 5.67. The van der Waals surface area contributed by atoms with Crippen LogP contribution >= 0.6 is 15.9 Å². The minimum atomic E-state index is -0.773. The van der Waals surface area contributed by atoms with Crippen molar-refractivity contribution in [2.45, 2.75) is 13.5 Å². The molecule has 1 N–H and O–H groups in total. The Morgan fingerprint density at radius 2 is 2.22 bits per heavy atom. The molecule has 1 unspecified atom stereocenters. The van der Waals surface area contributed by atoms with Gasteiger partial charge in [0.1, 0.15) is 5.75 Å². The molecule has 100 valence electrons. The molecule has 5 heteroatoms. The van der Waals surface area contributed by atoms with Gasteiger partial charge in [-0.25, -0.2) is 0 Å². The van der Waals surface area contributed by atoms with Gasteiger partial charge in [-0.3, -0.25) is 4.79 Å². The van der Waals surface area contributed by atoms with E-state index in [0.29, 0.717) is 13.1 Å². The number of carboxylic acid groups (broad SMARTS) is 1. The van der Waals surface area contributed by atoms with Crippen LogP contribution in [0.2, 0.25) is 0 Å². The lowest BCUT2D eigenvalue weighted by molar-refractivity contribution is -0.141. The van der Waals surface area contributed by atoms with Crippen LogP contribution in [0.25, 0.3) is 0 Å². The van der Waals surface area contributed by atoms with Crippen LogP contribution in [-0.4, -0.2) is 36.7 Å². The SMILES string of the molecule is COc1cc(Br)ccc1CN(C)CC(C)C(=O)O. The molecule has 0 bridgehead atoms. The summed E-state index contributed by atoms with van der Waals surface area (Å²) in [6, 6.07) is 5.83. The quantitative estimate of drug-likeness (QED) is 0.876. The van der Waals surface area contributed by atoms with Crippen molar-refractivity contribution >= 4 is 21.9 Å². The van der Waals surface area contributed by atoms with Crippen molar-refractivity contribution in [1.29, 1.82) is 0 Å². The van der Waals surface area contributed by atoms with E-state index in [2.05, 4.69) is 15.9 Å². The molecule has 1 atom stereocenters.